The molecule has 0 unspecified atom stereocenters. The molecule has 0 bridgehead atoms. The average molecular weight is 369 g/mol. The first-order valence-corrected chi connectivity index (χ1v) is 8.96. The Labute approximate surface area is 148 Å². The zero-order chi connectivity index (χ0) is 17.1. The van der Waals surface area contributed by atoms with Crippen LogP contribution in [0.4, 0.5) is 0 Å². The SMILES string of the molecule is COC(=O)CSc1nc2cc(Cl)ccc2c(=O)n1C[C@H]1CCCO1. The number of rotatable bonds is 5. The fourth-order valence-electron chi connectivity index (χ4n) is 2.62. The Kier molecular flexibility index (Phi) is 5.43. The van der Waals surface area contributed by atoms with Crippen LogP contribution in [0, 0.1) is 0 Å². The third-order valence-electron chi connectivity index (χ3n) is 3.84. The molecule has 6 nitrogen and oxygen atoms in total. The molecule has 1 fully saturated rings. The van der Waals surface area contributed by atoms with Crippen molar-refractivity contribution < 1.29 is 14.3 Å². The topological polar surface area (TPSA) is 70.4 Å². The number of nitrogens with zero attached hydrogens (tertiary/aromatic N) is 2. The number of carbonyl (C=O) groups is 1. The highest BCUT2D eigenvalue weighted by molar-refractivity contribution is 7.99. The van der Waals surface area contributed by atoms with Gasteiger partial charge in [-0.05, 0) is 31.0 Å². The quantitative estimate of drug-likeness (QED) is 0.459. The molecule has 1 aliphatic rings. The Balaban J connectivity index is 2.02. The second-order valence-corrected chi connectivity index (χ2v) is 6.85. The van der Waals surface area contributed by atoms with Gasteiger partial charge in [0.05, 0.1) is 36.4 Å². The van der Waals surface area contributed by atoms with Gasteiger partial charge in [0, 0.05) is 11.6 Å². The molecule has 1 aromatic carbocycles. The Bertz CT molecular complexity index is 818. The Morgan fingerprint density at radius 3 is 3.08 bits per heavy atom. The molecule has 0 N–H and O–H groups in total. The second kappa shape index (κ2) is 7.55. The molecule has 0 aliphatic carbocycles. The van der Waals surface area contributed by atoms with Crippen LogP contribution in [0.3, 0.4) is 0 Å². The minimum absolute atomic E-state index is 0.00766. The largest absolute Gasteiger partial charge is 0.468 e. The summed E-state index contributed by atoms with van der Waals surface area (Å²) < 4.78 is 11.9. The molecular formula is C16H17ClN2O4S. The molecule has 128 valence electrons. The van der Waals surface area contributed by atoms with Crippen LogP contribution in [-0.4, -0.2) is 41.1 Å². The maximum absolute atomic E-state index is 12.9. The lowest BCUT2D eigenvalue weighted by Gasteiger charge is -2.16. The Hall–Kier alpha value is -1.57. The summed E-state index contributed by atoms with van der Waals surface area (Å²) >= 11 is 7.18. The molecule has 24 heavy (non-hydrogen) atoms. The van der Waals surface area contributed by atoms with Crippen molar-refractivity contribution in [2.75, 3.05) is 19.5 Å². The zero-order valence-electron chi connectivity index (χ0n) is 13.2. The second-order valence-electron chi connectivity index (χ2n) is 5.47. The number of benzene rings is 1. The number of methoxy groups -OCH3 is 1. The molecule has 0 radical (unpaired) electrons. The van der Waals surface area contributed by atoms with E-state index in [4.69, 9.17) is 16.3 Å². The first kappa shape index (κ1) is 17.3. The number of hydrogen-bond acceptors (Lipinski definition) is 6. The molecule has 3 rings (SSSR count). The normalized spacial score (nSPS) is 17.3. The number of halogens is 1. The van der Waals surface area contributed by atoms with Crippen LogP contribution >= 0.6 is 23.4 Å². The summed E-state index contributed by atoms with van der Waals surface area (Å²) in [6.45, 7) is 1.13. The number of aromatic nitrogens is 2. The molecule has 0 amide bonds. The molecule has 0 saturated carbocycles. The number of carbonyl (C=O) groups excluding carboxylic acids is 1. The third kappa shape index (κ3) is 3.74. The van der Waals surface area contributed by atoms with Crippen molar-refractivity contribution in [3.8, 4) is 0 Å². The predicted octanol–water partition coefficient (Wildman–Crippen LogP) is 2.49. The minimum Gasteiger partial charge on any atom is -0.468 e. The summed E-state index contributed by atoms with van der Waals surface area (Å²) in [5.74, 6) is -0.287. The number of thioether (sulfide) groups is 1. The summed E-state index contributed by atoms with van der Waals surface area (Å²) in [6.07, 6.45) is 1.89. The van der Waals surface area contributed by atoms with E-state index in [0.717, 1.165) is 12.8 Å². The maximum atomic E-state index is 12.9. The van der Waals surface area contributed by atoms with Gasteiger partial charge < -0.3 is 9.47 Å². The van der Waals surface area contributed by atoms with Crippen molar-refractivity contribution in [3.63, 3.8) is 0 Å². The van der Waals surface area contributed by atoms with Gasteiger partial charge in [-0.3, -0.25) is 14.2 Å². The summed E-state index contributed by atoms with van der Waals surface area (Å²) in [5, 5.41) is 1.48. The van der Waals surface area contributed by atoms with E-state index >= 15 is 0 Å². The van der Waals surface area contributed by atoms with E-state index in [9.17, 15) is 9.59 Å². The molecule has 1 saturated heterocycles. The Morgan fingerprint density at radius 2 is 2.38 bits per heavy atom. The first-order chi connectivity index (χ1) is 11.6. The highest BCUT2D eigenvalue weighted by Crippen LogP contribution is 2.22. The first-order valence-electron chi connectivity index (χ1n) is 7.60. The van der Waals surface area contributed by atoms with Gasteiger partial charge in [-0.1, -0.05) is 23.4 Å². The van der Waals surface area contributed by atoms with Gasteiger partial charge in [0.25, 0.3) is 5.56 Å². The molecule has 1 aromatic heterocycles. The number of hydrogen-bond donors (Lipinski definition) is 0. The molecule has 2 heterocycles. The van der Waals surface area contributed by atoms with E-state index in [1.54, 1.807) is 22.8 Å². The smallest absolute Gasteiger partial charge is 0.316 e. The molecule has 1 atom stereocenters. The van der Waals surface area contributed by atoms with Crippen LogP contribution in [0.1, 0.15) is 12.8 Å². The number of ether oxygens (including phenoxy) is 2. The summed E-state index contributed by atoms with van der Waals surface area (Å²) in [7, 11) is 1.33. The van der Waals surface area contributed by atoms with Crippen LogP contribution in [0.15, 0.2) is 28.2 Å². The van der Waals surface area contributed by atoms with Crippen molar-refractivity contribution in [1.29, 1.82) is 0 Å². The zero-order valence-corrected chi connectivity index (χ0v) is 14.7. The van der Waals surface area contributed by atoms with Crippen LogP contribution in [-0.2, 0) is 20.8 Å². The van der Waals surface area contributed by atoms with E-state index in [2.05, 4.69) is 9.72 Å². The van der Waals surface area contributed by atoms with Crippen molar-refractivity contribution in [3.05, 3.63) is 33.6 Å². The van der Waals surface area contributed by atoms with Crippen molar-refractivity contribution in [2.45, 2.75) is 30.6 Å². The molecule has 1 aliphatic heterocycles. The highest BCUT2D eigenvalue weighted by Gasteiger charge is 2.20. The monoisotopic (exact) mass is 368 g/mol. The molecule has 0 spiro atoms. The fourth-order valence-corrected chi connectivity index (χ4v) is 3.63. The van der Waals surface area contributed by atoms with Gasteiger partial charge in [0.2, 0.25) is 0 Å². The van der Waals surface area contributed by atoms with Crippen LogP contribution in [0.25, 0.3) is 10.9 Å². The van der Waals surface area contributed by atoms with E-state index in [1.807, 2.05) is 0 Å². The van der Waals surface area contributed by atoms with E-state index in [1.165, 1.54) is 18.9 Å². The predicted molar refractivity (Wildman–Crippen MR) is 92.7 cm³/mol. The average Bonchev–Trinajstić information content (AvgIpc) is 3.08. The van der Waals surface area contributed by atoms with Gasteiger partial charge in [0.1, 0.15) is 0 Å². The standard InChI is InChI=1S/C16H17ClN2O4S/c1-22-14(20)9-24-16-18-13-7-10(17)4-5-12(13)15(21)19(16)8-11-3-2-6-23-11/h4-5,7,11H,2-3,6,8-9H2,1H3/t11-/m1/s1. The lowest BCUT2D eigenvalue weighted by molar-refractivity contribution is -0.137. The lowest BCUT2D eigenvalue weighted by atomic mass is 10.2. The highest BCUT2D eigenvalue weighted by atomic mass is 35.5. The van der Waals surface area contributed by atoms with Crippen LogP contribution in [0.5, 0.6) is 0 Å². The van der Waals surface area contributed by atoms with E-state index < -0.39 is 0 Å². The number of esters is 1. The van der Waals surface area contributed by atoms with Gasteiger partial charge >= 0.3 is 5.97 Å². The summed E-state index contributed by atoms with van der Waals surface area (Å²) in [4.78, 5) is 28.8. The van der Waals surface area contributed by atoms with Gasteiger partial charge in [-0.15, -0.1) is 0 Å². The fraction of sp³-hybridized carbons (Fsp3) is 0.438. The van der Waals surface area contributed by atoms with Gasteiger partial charge in [-0.25, -0.2) is 4.98 Å². The summed E-state index contributed by atoms with van der Waals surface area (Å²) in [5.41, 5.74) is 0.364. The van der Waals surface area contributed by atoms with E-state index in [-0.39, 0.29) is 23.4 Å². The summed E-state index contributed by atoms with van der Waals surface area (Å²) in [6, 6.07) is 5.00. The minimum atomic E-state index is -0.371. The number of fused-ring (bicyclic) bond motifs is 1. The van der Waals surface area contributed by atoms with Crippen molar-refractivity contribution in [1.82, 2.24) is 9.55 Å². The Morgan fingerprint density at radius 1 is 1.54 bits per heavy atom. The third-order valence-corrected chi connectivity index (χ3v) is 5.02. The molecule has 8 heteroatoms. The molecule has 2 aromatic rings. The van der Waals surface area contributed by atoms with Crippen molar-refractivity contribution >= 4 is 40.2 Å². The van der Waals surface area contributed by atoms with Gasteiger partial charge in [0.15, 0.2) is 5.16 Å². The maximum Gasteiger partial charge on any atom is 0.316 e. The van der Waals surface area contributed by atoms with Crippen molar-refractivity contribution in [2.24, 2.45) is 0 Å². The van der Waals surface area contributed by atoms with Crippen LogP contribution < -0.4 is 5.56 Å². The lowest BCUT2D eigenvalue weighted by Crippen LogP contribution is -2.29. The molecular weight excluding hydrogens is 352 g/mol. The van der Waals surface area contributed by atoms with E-state index in [0.29, 0.717) is 34.2 Å². The van der Waals surface area contributed by atoms with Gasteiger partial charge in [-0.2, -0.15) is 0 Å². The van der Waals surface area contributed by atoms with Crippen LogP contribution in [0.2, 0.25) is 5.02 Å².